The lowest BCUT2D eigenvalue weighted by atomic mass is 10.1. The predicted molar refractivity (Wildman–Crippen MR) is 55.1 cm³/mol. The van der Waals surface area contributed by atoms with Crippen LogP contribution in [0.25, 0.3) is 0 Å². The van der Waals surface area contributed by atoms with Crippen molar-refractivity contribution in [1.82, 2.24) is 4.98 Å². The molecule has 0 saturated carbocycles. The minimum absolute atomic E-state index is 0.332. The summed E-state index contributed by atoms with van der Waals surface area (Å²) in [5.41, 5.74) is 1.88. The van der Waals surface area contributed by atoms with Gasteiger partial charge in [0.2, 0.25) is 0 Å². The third kappa shape index (κ3) is 1.91. The van der Waals surface area contributed by atoms with Gasteiger partial charge in [0.1, 0.15) is 5.75 Å². The van der Waals surface area contributed by atoms with E-state index >= 15 is 0 Å². The van der Waals surface area contributed by atoms with Crippen molar-refractivity contribution in [3.63, 3.8) is 0 Å². The molecule has 1 N–H and O–H groups in total. The maximum Gasteiger partial charge on any atom is 0.119 e. The molecule has 0 unspecified atom stereocenters. The molecule has 0 spiro atoms. The largest absolute Gasteiger partial charge is 0.508 e. The zero-order chi connectivity index (χ0) is 9.80. The van der Waals surface area contributed by atoms with E-state index in [0.29, 0.717) is 12.2 Å². The van der Waals surface area contributed by atoms with Gasteiger partial charge in [0.15, 0.2) is 0 Å². The summed E-state index contributed by atoms with van der Waals surface area (Å²) in [7, 11) is 0. The number of pyridine rings is 1. The zero-order valence-corrected chi connectivity index (χ0v) is 7.72. The molecular formula is C12H11NO. The third-order valence-electron chi connectivity index (χ3n) is 2.09. The smallest absolute Gasteiger partial charge is 0.119 e. The van der Waals surface area contributed by atoms with Crippen molar-refractivity contribution in [3.05, 3.63) is 59.9 Å². The van der Waals surface area contributed by atoms with E-state index in [0.717, 1.165) is 11.3 Å². The van der Waals surface area contributed by atoms with Crippen molar-refractivity contribution in [3.8, 4) is 5.75 Å². The van der Waals surface area contributed by atoms with E-state index in [1.54, 1.807) is 12.3 Å². The van der Waals surface area contributed by atoms with Gasteiger partial charge in [0, 0.05) is 18.3 Å². The second kappa shape index (κ2) is 3.92. The Morgan fingerprint density at radius 3 is 2.50 bits per heavy atom. The highest BCUT2D eigenvalue weighted by atomic mass is 16.3. The lowest BCUT2D eigenvalue weighted by molar-refractivity contribution is 0.469. The number of hydrogen-bond donors (Lipinski definition) is 1. The Morgan fingerprint density at radius 2 is 1.79 bits per heavy atom. The van der Waals surface area contributed by atoms with Gasteiger partial charge in [-0.2, -0.15) is 0 Å². The lowest BCUT2D eigenvalue weighted by Gasteiger charge is -2.02. The highest BCUT2D eigenvalue weighted by Crippen LogP contribution is 2.18. The van der Waals surface area contributed by atoms with Crippen LogP contribution in [0.1, 0.15) is 11.3 Å². The summed E-state index contributed by atoms with van der Waals surface area (Å²) in [6, 6.07) is 13.1. The highest BCUT2D eigenvalue weighted by Gasteiger charge is 2.00. The lowest BCUT2D eigenvalue weighted by Crippen LogP contribution is -1.90. The van der Waals surface area contributed by atoms with Gasteiger partial charge in [-0.25, -0.2) is 0 Å². The number of para-hydroxylation sites is 1. The molecule has 14 heavy (non-hydrogen) atoms. The van der Waals surface area contributed by atoms with Crippen LogP contribution in [0.15, 0.2) is 48.7 Å². The summed E-state index contributed by atoms with van der Waals surface area (Å²) in [6.45, 7) is 0. The predicted octanol–water partition coefficient (Wildman–Crippen LogP) is 2.38. The number of phenolic OH excluding ortho intramolecular Hbond substituents is 1. The van der Waals surface area contributed by atoms with Crippen LogP contribution in [0, 0.1) is 0 Å². The molecule has 0 amide bonds. The molecule has 70 valence electrons. The number of phenols is 1. The first-order chi connectivity index (χ1) is 6.86. The first kappa shape index (κ1) is 8.75. The van der Waals surface area contributed by atoms with Gasteiger partial charge < -0.3 is 5.11 Å². The van der Waals surface area contributed by atoms with Crippen LogP contribution in [0.2, 0.25) is 0 Å². The summed E-state index contributed by atoms with van der Waals surface area (Å²) in [5.74, 6) is 0.332. The van der Waals surface area contributed by atoms with E-state index in [1.165, 1.54) is 0 Å². The molecule has 0 aliphatic rings. The van der Waals surface area contributed by atoms with E-state index in [9.17, 15) is 5.11 Å². The number of nitrogens with zero attached hydrogens (tertiary/aromatic N) is 1. The molecule has 2 aromatic rings. The minimum Gasteiger partial charge on any atom is -0.508 e. The second-order valence-electron chi connectivity index (χ2n) is 3.13. The van der Waals surface area contributed by atoms with Gasteiger partial charge in [-0.1, -0.05) is 24.3 Å². The Bertz CT molecular complexity index is 412. The van der Waals surface area contributed by atoms with Gasteiger partial charge in [-0.3, -0.25) is 4.98 Å². The van der Waals surface area contributed by atoms with Crippen molar-refractivity contribution in [2.24, 2.45) is 0 Å². The molecule has 0 radical (unpaired) electrons. The van der Waals surface area contributed by atoms with Gasteiger partial charge in [0.25, 0.3) is 0 Å². The Balaban J connectivity index is 2.24. The summed E-state index contributed by atoms with van der Waals surface area (Å²) in [5, 5.41) is 9.54. The highest BCUT2D eigenvalue weighted by molar-refractivity contribution is 5.34. The van der Waals surface area contributed by atoms with Gasteiger partial charge in [0.05, 0.1) is 0 Å². The first-order valence-electron chi connectivity index (χ1n) is 4.53. The molecule has 0 atom stereocenters. The van der Waals surface area contributed by atoms with Gasteiger partial charge >= 0.3 is 0 Å². The molecule has 0 saturated heterocycles. The molecule has 2 rings (SSSR count). The van der Waals surface area contributed by atoms with Crippen LogP contribution < -0.4 is 0 Å². The van der Waals surface area contributed by atoms with Crippen molar-refractivity contribution >= 4 is 0 Å². The molecule has 0 bridgehead atoms. The normalized spacial score (nSPS) is 10.0. The van der Waals surface area contributed by atoms with Crippen molar-refractivity contribution in [1.29, 1.82) is 0 Å². The summed E-state index contributed by atoms with van der Waals surface area (Å²) >= 11 is 0. The quantitative estimate of drug-likeness (QED) is 0.779. The molecule has 2 nitrogen and oxygen atoms in total. The van der Waals surface area contributed by atoms with Crippen LogP contribution in [0.5, 0.6) is 5.75 Å². The molecule has 1 aromatic heterocycles. The maximum absolute atomic E-state index is 9.54. The number of rotatable bonds is 2. The third-order valence-corrected chi connectivity index (χ3v) is 2.09. The first-order valence-corrected chi connectivity index (χ1v) is 4.53. The van der Waals surface area contributed by atoms with Crippen molar-refractivity contribution < 1.29 is 5.11 Å². The Morgan fingerprint density at radius 1 is 1.00 bits per heavy atom. The standard InChI is InChI=1S/C12H11NO/c14-12-7-2-1-5-10(12)9-11-6-3-4-8-13-11/h1-8,14H,9H2. The van der Waals surface area contributed by atoms with Crippen LogP contribution in [-0.4, -0.2) is 10.1 Å². The molecule has 2 heteroatoms. The Kier molecular flexibility index (Phi) is 2.45. The van der Waals surface area contributed by atoms with Crippen molar-refractivity contribution in [2.45, 2.75) is 6.42 Å². The Labute approximate surface area is 82.9 Å². The van der Waals surface area contributed by atoms with Crippen molar-refractivity contribution in [2.75, 3.05) is 0 Å². The van der Waals surface area contributed by atoms with Gasteiger partial charge in [-0.05, 0) is 23.8 Å². The fourth-order valence-corrected chi connectivity index (χ4v) is 1.36. The van der Waals surface area contributed by atoms with E-state index in [4.69, 9.17) is 0 Å². The van der Waals surface area contributed by atoms with E-state index in [-0.39, 0.29) is 0 Å². The van der Waals surface area contributed by atoms with Gasteiger partial charge in [-0.15, -0.1) is 0 Å². The minimum atomic E-state index is 0.332. The SMILES string of the molecule is Oc1ccccc1Cc1ccccn1. The topological polar surface area (TPSA) is 33.1 Å². The Hall–Kier alpha value is -1.83. The molecule has 1 aromatic carbocycles. The van der Waals surface area contributed by atoms with E-state index in [2.05, 4.69) is 4.98 Å². The van der Waals surface area contributed by atoms with E-state index < -0.39 is 0 Å². The maximum atomic E-state index is 9.54. The molecule has 0 aliphatic carbocycles. The van der Waals surface area contributed by atoms with Crippen LogP contribution >= 0.6 is 0 Å². The second-order valence-corrected chi connectivity index (χ2v) is 3.13. The average molecular weight is 185 g/mol. The van der Waals surface area contributed by atoms with Crippen LogP contribution in [-0.2, 0) is 6.42 Å². The van der Waals surface area contributed by atoms with E-state index in [1.807, 2.05) is 36.4 Å². The van der Waals surface area contributed by atoms with Crippen LogP contribution in [0.3, 0.4) is 0 Å². The molecule has 1 heterocycles. The fourth-order valence-electron chi connectivity index (χ4n) is 1.36. The summed E-state index contributed by atoms with van der Waals surface area (Å²) < 4.78 is 0. The summed E-state index contributed by atoms with van der Waals surface area (Å²) in [6.07, 6.45) is 2.43. The molecule has 0 aliphatic heterocycles. The number of aromatic nitrogens is 1. The number of benzene rings is 1. The monoisotopic (exact) mass is 185 g/mol. The summed E-state index contributed by atoms with van der Waals surface area (Å²) in [4.78, 5) is 4.20. The van der Waals surface area contributed by atoms with Crippen LogP contribution in [0.4, 0.5) is 0 Å². The number of aromatic hydroxyl groups is 1. The molecule has 0 fully saturated rings. The number of hydrogen-bond acceptors (Lipinski definition) is 2. The zero-order valence-electron chi connectivity index (χ0n) is 7.72. The molecular weight excluding hydrogens is 174 g/mol. The fraction of sp³-hybridized carbons (Fsp3) is 0.0833. The average Bonchev–Trinajstić information content (AvgIpc) is 2.23.